The molecule has 81 heavy (non-hydrogen) atoms. The standard InChI is InChI=1S/C60H20F16N4.Pd/c61-37-29-31(39(63)47(71)45(37)69)55-26(22-15-7-2-8-16-22)57-33-35(43(67)51(75)49(73)41(33)65)59(79-57)28(24-19-11-4-12-20-24)60-36-34(42(66)50(74)52(76)44(36)68)58(80-60)27(23-17-9-3-10-18-23)56-32-30(38(62)46(70)48(72)40(32)64)54(78-56)25(53(29)77-55)21-13-5-1-6-14-21;/h1-20H;/q-2;+2. The minimum absolute atomic E-state index is 0. The number of hydrogen-bond donors (Lipinski definition) is 0. The van der Waals surface area contributed by atoms with Crippen LogP contribution in [0, 0.1) is 93.1 Å². The van der Waals surface area contributed by atoms with Crippen LogP contribution in [0.15, 0.2) is 121 Å². The van der Waals surface area contributed by atoms with Gasteiger partial charge >= 0.3 is 20.4 Å². The second-order valence-electron chi connectivity index (χ2n) is 18.2. The molecule has 4 heterocycles. The minimum Gasteiger partial charge on any atom is -0.656 e. The van der Waals surface area contributed by atoms with Crippen LogP contribution < -0.4 is 9.97 Å². The third-order valence-electron chi connectivity index (χ3n) is 14.0. The number of aromatic nitrogens is 4. The van der Waals surface area contributed by atoms with Gasteiger partial charge in [0.1, 0.15) is 0 Å². The topological polar surface area (TPSA) is 54.0 Å². The van der Waals surface area contributed by atoms with E-state index in [0.717, 1.165) is 48.5 Å². The van der Waals surface area contributed by atoms with Gasteiger partial charge in [-0.1, -0.05) is 121 Å². The molecule has 2 aliphatic heterocycles. The molecular formula is C60H20F16N4Pd. The van der Waals surface area contributed by atoms with Crippen molar-refractivity contribution < 1.29 is 90.7 Å². The maximum atomic E-state index is 17.2. The third kappa shape index (κ3) is 7.30. The van der Waals surface area contributed by atoms with Crippen molar-refractivity contribution in [3.8, 4) is 89.5 Å². The number of nitrogens with zero attached hydrogens (tertiary/aromatic N) is 4. The van der Waals surface area contributed by atoms with E-state index in [2.05, 4.69) is 19.9 Å². The molecule has 8 aromatic carbocycles. The number of hydrogen-bond acceptors (Lipinski definition) is 2. The predicted octanol–water partition coefficient (Wildman–Crippen LogP) is 17.4. The Labute approximate surface area is 456 Å². The van der Waals surface area contributed by atoms with E-state index in [0.29, 0.717) is 0 Å². The Morgan fingerprint density at radius 3 is 0.568 bits per heavy atom. The van der Waals surface area contributed by atoms with Gasteiger partial charge in [0, 0.05) is 21.5 Å². The zero-order chi connectivity index (χ0) is 56.1. The molecule has 0 saturated carbocycles. The first-order valence-corrected chi connectivity index (χ1v) is 23.5. The fraction of sp³-hybridized carbons (Fsp3) is 0. The van der Waals surface area contributed by atoms with Gasteiger partial charge in [0.25, 0.3) is 0 Å². The van der Waals surface area contributed by atoms with E-state index in [4.69, 9.17) is 0 Å². The Hall–Kier alpha value is -9.06. The van der Waals surface area contributed by atoms with Crippen LogP contribution in [0.4, 0.5) is 70.2 Å². The summed E-state index contributed by atoms with van der Waals surface area (Å²) in [5.74, 6) is -38.0. The van der Waals surface area contributed by atoms with Crippen LogP contribution in [0.2, 0.25) is 0 Å². The molecule has 13 rings (SSSR count). The Morgan fingerprint density at radius 1 is 0.210 bits per heavy atom. The van der Waals surface area contributed by atoms with E-state index in [1.54, 1.807) is 0 Å². The van der Waals surface area contributed by atoms with Crippen molar-refractivity contribution >= 4 is 43.6 Å². The molecule has 0 radical (unpaired) electrons. The van der Waals surface area contributed by atoms with Gasteiger partial charge in [0.05, 0.1) is 45.0 Å². The molecule has 0 unspecified atom stereocenters. The van der Waals surface area contributed by atoms with Gasteiger partial charge in [-0.25, -0.2) is 80.2 Å². The molecule has 2 aromatic heterocycles. The Bertz CT molecular complexity index is 4170. The predicted molar refractivity (Wildman–Crippen MR) is 264 cm³/mol. The average Bonchev–Trinajstić information content (AvgIpc) is 4.42. The summed E-state index contributed by atoms with van der Waals surface area (Å²) in [7, 11) is 0. The molecule has 0 atom stereocenters. The first-order valence-electron chi connectivity index (χ1n) is 23.5. The van der Waals surface area contributed by atoms with Crippen LogP contribution in [-0.2, 0) is 20.4 Å². The summed E-state index contributed by atoms with van der Waals surface area (Å²) in [4.78, 5) is 18.1. The van der Waals surface area contributed by atoms with E-state index < -0.39 is 204 Å². The quantitative estimate of drug-likeness (QED) is 0.0763. The van der Waals surface area contributed by atoms with Crippen LogP contribution in [0.5, 0.6) is 0 Å². The summed E-state index contributed by atoms with van der Waals surface area (Å²) in [6.07, 6.45) is 0. The van der Waals surface area contributed by atoms with Crippen LogP contribution in [0.25, 0.3) is 133 Å². The molecule has 0 spiro atoms. The molecule has 1 aliphatic carbocycles. The summed E-state index contributed by atoms with van der Waals surface area (Å²) < 4.78 is 266. The first-order chi connectivity index (χ1) is 38.4. The smallest absolute Gasteiger partial charge is 0.656 e. The maximum Gasteiger partial charge on any atom is 2.00 e. The molecule has 0 fully saturated rings. The summed E-state index contributed by atoms with van der Waals surface area (Å²) in [6, 6.07) is 25.0. The van der Waals surface area contributed by atoms with Crippen molar-refractivity contribution in [2.45, 2.75) is 0 Å². The molecule has 0 amide bonds. The largest absolute Gasteiger partial charge is 2.00 e. The first kappa shape index (κ1) is 52.6. The summed E-state index contributed by atoms with van der Waals surface area (Å²) >= 11 is 0. The zero-order valence-electron chi connectivity index (χ0n) is 39.7. The van der Waals surface area contributed by atoms with Crippen LogP contribution in [0.3, 0.4) is 0 Å². The van der Waals surface area contributed by atoms with Crippen molar-refractivity contribution in [2.24, 2.45) is 0 Å². The fourth-order valence-electron chi connectivity index (χ4n) is 10.6. The molecule has 4 nitrogen and oxygen atoms in total. The van der Waals surface area contributed by atoms with Gasteiger partial charge in [-0.05, 0) is 44.5 Å². The Kier molecular flexibility index (Phi) is 12.4. The van der Waals surface area contributed by atoms with Crippen molar-refractivity contribution in [3.05, 3.63) is 214 Å². The van der Waals surface area contributed by atoms with Crippen molar-refractivity contribution in [1.29, 1.82) is 0 Å². The van der Waals surface area contributed by atoms with Gasteiger partial charge in [0.2, 0.25) is 0 Å². The van der Waals surface area contributed by atoms with Crippen molar-refractivity contribution in [2.75, 3.05) is 0 Å². The van der Waals surface area contributed by atoms with Crippen molar-refractivity contribution in [1.82, 2.24) is 19.9 Å². The van der Waals surface area contributed by atoms with Crippen LogP contribution >= 0.6 is 0 Å². The average molecular weight is 1210 g/mol. The summed E-state index contributed by atoms with van der Waals surface area (Å²) in [5, 5.41) is -5.44. The molecule has 0 N–H and O–H groups in total. The molecule has 3 aliphatic rings. The Balaban J connectivity index is 0.00000651. The van der Waals surface area contributed by atoms with Crippen LogP contribution in [0.1, 0.15) is 0 Å². The van der Waals surface area contributed by atoms with Crippen molar-refractivity contribution in [3.63, 3.8) is 0 Å². The fourth-order valence-corrected chi connectivity index (χ4v) is 10.6. The Morgan fingerprint density at radius 2 is 0.383 bits per heavy atom. The van der Waals surface area contributed by atoms with Gasteiger partial charge < -0.3 is 9.97 Å². The van der Waals surface area contributed by atoms with Gasteiger partial charge in [-0.3, -0.25) is 0 Å². The maximum absolute atomic E-state index is 17.2. The monoisotopic (exact) mass is 1210 g/mol. The number of benzene rings is 8. The molecule has 0 saturated heterocycles. The zero-order valence-corrected chi connectivity index (χ0v) is 41.3. The van der Waals surface area contributed by atoms with E-state index in [1.165, 1.54) is 72.8 Å². The van der Waals surface area contributed by atoms with Gasteiger partial charge in [0.15, 0.2) is 93.1 Å². The number of rotatable bonds is 4. The van der Waals surface area contributed by atoms with E-state index in [9.17, 15) is 0 Å². The summed E-state index contributed by atoms with van der Waals surface area (Å²) in [6.45, 7) is 0. The molecule has 402 valence electrons. The normalized spacial score (nSPS) is 11.9. The van der Waals surface area contributed by atoms with E-state index >= 15 is 70.2 Å². The molecule has 21 heteroatoms. The van der Waals surface area contributed by atoms with Crippen LogP contribution in [-0.4, -0.2) is 9.97 Å². The number of halogens is 16. The van der Waals surface area contributed by atoms with E-state index in [-0.39, 0.29) is 42.7 Å². The van der Waals surface area contributed by atoms with E-state index in [1.807, 2.05) is 0 Å². The third-order valence-corrected chi connectivity index (χ3v) is 14.0. The molecule has 10 aromatic rings. The minimum atomic E-state index is -2.50. The second-order valence-corrected chi connectivity index (χ2v) is 18.2. The van der Waals surface area contributed by atoms with Gasteiger partial charge in [-0.15, -0.1) is 22.1 Å². The summed E-state index contributed by atoms with van der Waals surface area (Å²) in [5.41, 5.74) is -19.1. The van der Waals surface area contributed by atoms with Gasteiger partial charge in [-0.2, -0.15) is 0 Å². The second kappa shape index (κ2) is 19.1. The SMILES string of the molecule is Fc1c(F)c(F)c2c(c1F)-c1nc-2c(-c2ccccc2)c2[n-]c(c(-c3ccccc3)c3nc(c(-c4ccccc4)c4[n-]c(c1-c1ccccc1)c1c(F)c(F)c(F)c(F)c41)-c1c(F)c(F)c(F)c(F)c1-3)c1c(F)c(F)c(F)c(F)c21.[Pd+2]. The molecule has 8 bridgehead atoms. The molecular weight excluding hydrogens is 1190 g/mol.